The molecule has 1 aliphatic rings. The van der Waals surface area contributed by atoms with Gasteiger partial charge in [0.05, 0.1) is 0 Å². The van der Waals surface area contributed by atoms with Crippen molar-refractivity contribution in [3.8, 4) is 0 Å². The number of hydrogen-bond acceptors (Lipinski definition) is 3. The van der Waals surface area contributed by atoms with Crippen molar-refractivity contribution < 1.29 is 45.6 Å². The van der Waals surface area contributed by atoms with Gasteiger partial charge < -0.3 is 4.55 Å². The molecule has 0 saturated heterocycles. The van der Waals surface area contributed by atoms with Crippen LogP contribution < -0.4 is 0 Å². The van der Waals surface area contributed by atoms with E-state index in [4.69, 9.17) is 13.0 Å². The molecule has 37 heavy (non-hydrogen) atoms. The van der Waals surface area contributed by atoms with Crippen LogP contribution in [0.15, 0.2) is 66.7 Å². The smallest absolute Gasteiger partial charge is 0.741 e. The molecule has 0 bridgehead atoms. The molecule has 0 unspecified atom stereocenters. The standard InChI is InChI=1S/C17H13.C11H16.CHF3O3S.Ru/c1-3-8-14(9-4-1)16-12-7-13-17(16)15-10-5-2-6-11-15;1-7-6-8(2)10(4)11(5)9(7)3;2-1(3,4)8(5,6)7;/h1-13H;6H,1-5H3;(H,5,6,7);/q;;;+2/p-1. The quantitative estimate of drug-likeness (QED) is 0.175. The van der Waals surface area contributed by atoms with Crippen LogP contribution >= 0.6 is 0 Å². The van der Waals surface area contributed by atoms with Crippen molar-refractivity contribution in [2.24, 2.45) is 0 Å². The van der Waals surface area contributed by atoms with Gasteiger partial charge in [-0.05, 0) is 92.8 Å². The molecule has 1 fully saturated rings. The summed E-state index contributed by atoms with van der Waals surface area (Å²) in [6.45, 7) is 10.9. The maximum Gasteiger partial charge on any atom is 2.00 e. The average molecular weight is 616 g/mol. The molecule has 0 amide bonds. The van der Waals surface area contributed by atoms with Crippen LogP contribution in [0.3, 0.4) is 0 Å². The zero-order valence-corrected chi connectivity index (χ0v) is 23.8. The predicted octanol–water partition coefficient (Wildman–Crippen LogP) is 7.14. The molecule has 3 aromatic rings. The molecular formula is C29H29F3O3RuS+. The Morgan fingerprint density at radius 2 is 0.973 bits per heavy atom. The Labute approximate surface area is 232 Å². The molecule has 0 atom stereocenters. The summed E-state index contributed by atoms with van der Waals surface area (Å²) in [5.74, 6) is 2.61. The first kappa shape index (κ1) is 33.0. The molecule has 3 nitrogen and oxygen atoms in total. The number of benzene rings is 3. The van der Waals surface area contributed by atoms with Gasteiger partial charge in [0.1, 0.15) is 0 Å². The molecular weight excluding hydrogens is 586 g/mol. The molecule has 4 rings (SSSR count). The third-order valence-corrected chi connectivity index (χ3v) is 6.58. The van der Waals surface area contributed by atoms with Gasteiger partial charge in [-0.15, -0.1) is 0 Å². The van der Waals surface area contributed by atoms with E-state index in [-0.39, 0.29) is 19.5 Å². The van der Waals surface area contributed by atoms with Gasteiger partial charge in [-0.2, -0.15) is 13.2 Å². The maximum atomic E-state index is 10.7. The maximum absolute atomic E-state index is 10.7. The van der Waals surface area contributed by atoms with E-state index in [2.05, 4.69) is 121 Å². The van der Waals surface area contributed by atoms with Crippen molar-refractivity contribution in [1.82, 2.24) is 0 Å². The van der Waals surface area contributed by atoms with Gasteiger partial charge in [0, 0.05) is 11.8 Å². The second-order valence-electron chi connectivity index (χ2n) is 8.37. The first-order valence-corrected chi connectivity index (χ1v) is 12.6. The van der Waals surface area contributed by atoms with E-state index in [1.54, 1.807) is 0 Å². The van der Waals surface area contributed by atoms with Gasteiger partial charge >= 0.3 is 25.0 Å². The average Bonchev–Trinajstić information content (AvgIpc) is 3.32. The Kier molecular flexibility index (Phi) is 12.7. The van der Waals surface area contributed by atoms with Crippen LogP contribution in [-0.2, 0) is 29.6 Å². The van der Waals surface area contributed by atoms with Crippen LogP contribution in [-0.4, -0.2) is 18.5 Å². The summed E-state index contributed by atoms with van der Waals surface area (Å²) >= 11 is 0. The van der Waals surface area contributed by atoms with Crippen molar-refractivity contribution in [3.05, 3.63) is 137 Å². The molecule has 8 heteroatoms. The summed E-state index contributed by atoms with van der Waals surface area (Å²) in [6.07, 6.45) is 6.47. The molecule has 5 radical (unpaired) electrons. The first-order valence-electron chi connectivity index (χ1n) is 11.2. The second-order valence-corrected chi connectivity index (χ2v) is 9.74. The number of rotatable bonds is 2. The minimum Gasteiger partial charge on any atom is -0.741 e. The van der Waals surface area contributed by atoms with E-state index in [0.29, 0.717) is 0 Å². The molecule has 0 aromatic heterocycles. The van der Waals surface area contributed by atoms with Crippen LogP contribution in [0.5, 0.6) is 0 Å². The zero-order valence-electron chi connectivity index (χ0n) is 21.2. The third-order valence-electron chi connectivity index (χ3n) is 6.01. The summed E-state index contributed by atoms with van der Waals surface area (Å²) in [5.41, 5.74) is 4.04. The van der Waals surface area contributed by atoms with Crippen molar-refractivity contribution in [2.75, 3.05) is 0 Å². The molecule has 0 spiro atoms. The van der Waals surface area contributed by atoms with Crippen molar-refractivity contribution in [1.29, 1.82) is 0 Å². The van der Waals surface area contributed by atoms with Crippen LogP contribution in [0.1, 0.15) is 38.9 Å². The Bertz CT molecular complexity index is 1160. The van der Waals surface area contributed by atoms with Crippen LogP contribution in [0, 0.1) is 65.7 Å². The van der Waals surface area contributed by atoms with Gasteiger partial charge in [0.15, 0.2) is 10.1 Å². The molecule has 0 heterocycles. The van der Waals surface area contributed by atoms with Crippen LogP contribution in [0.25, 0.3) is 0 Å². The minimum atomic E-state index is -6.09. The molecule has 197 valence electrons. The number of aryl methyl sites for hydroxylation is 2. The van der Waals surface area contributed by atoms with Gasteiger partial charge in [0.2, 0.25) is 0 Å². The minimum absolute atomic E-state index is 0. The summed E-state index contributed by atoms with van der Waals surface area (Å²) in [4.78, 5) is 0. The van der Waals surface area contributed by atoms with Crippen LogP contribution in [0.2, 0.25) is 0 Å². The van der Waals surface area contributed by atoms with Gasteiger partial charge in [-0.3, -0.25) is 0 Å². The van der Waals surface area contributed by atoms with E-state index in [0.717, 1.165) is 0 Å². The number of hydrogen-bond donors (Lipinski definition) is 0. The van der Waals surface area contributed by atoms with Gasteiger partial charge in [0.25, 0.3) is 0 Å². The summed E-state index contributed by atoms with van der Waals surface area (Å²) in [7, 11) is -6.09. The Balaban J connectivity index is 0.000000299. The molecule has 3 aromatic carbocycles. The fourth-order valence-corrected chi connectivity index (χ4v) is 3.57. The van der Waals surface area contributed by atoms with Gasteiger partial charge in [-0.1, -0.05) is 66.7 Å². The largest absolute Gasteiger partial charge is 2.00 e. The SMILES string of the molecule is Cc1cc(C)c(C)c(C)c1C.O=S(=O)([O-])C(F)(F)F.[CH]1[CH][C](c2ccccc2)[C](c2ccccc2)[CH]1.[Ru+2]. The van der Waals surface area contributed by atoms with Crippen molar-refractivity contribution >= 4 is 10.1 Å². The number of alkyl halides is 3. The molecule has 1 saturated carbocycles. The van der Waals surface area contributed by atoms with E-state index in [9.17, 15) is 13.2 Å². The second kappa shape index (κ2) is 14.2. The Morgan fingerprint density at radius 3 is 1.27 bits per heavy atom. The normalized spacial score (nSPS) is 14.1. The fourth-order valence-electron chi connectivity index (χ4n) is 3.57. The van der Waals surface area contributed by atoms with Gasteiger partial charge in [-0.25, -0.2) is 8.42 Å². The van der Waals surface area contributed by atoms with Crippen LogP contribution in [0.4, 0.5) is 13.2 Å². The van der Waals surface area contributed by atoms with E-state index >= 15 is 0 Å². The topological polar surface area (TPSA) is 57.2 Å². The predicted molar refractivity (Wildman–Crippen MR) is 136 cm³/mol. The van der Waals surface area contributed by atoms with E-state index in [1.807, 2.05) is 0 Å². The fraction of sp³-hybridized carbons (Fsp3) is 0.207. The monoisotopic (exact) mass is 616 g/mol. The summed E-state index contributed by atoms with van der Waals surface area (Å²) in [5, 5.41) is 0. The number of halogens is 3. The first-order chi connectivity index (χ1) is 16.7. The molecule has 0 aliphatic heterocycles. The molecule has 0 N–H and O–H groups in total. The Morgan fingerprint density at radius 1 is 0.649 bits per heavy atom. The summed E-state index contributed by atoms with van der Waals surface area (Å²) in [6, 6.07) is 23.3. The van der Waals surface area contributed by atoms with E-state index < -0.39 is 15.6 Å². The Hall–Kier alpha value is -2.02. The van der Waals surface area contributed by atoms with E-state index in [1.165, 1.54) is 50.8 Å². The molecule has 1 aliphatic carbocycles. The zero-order chi connectivity index (χ0) is 27.1. The summed E-state index contributed by atoms with van der Waals surface area (Å²) < 4.78 is 58.9. The third kappa shape index (κ3) is 9.35. The van der Waals surface area contributed by atoms with Crippen molar-refractivity contribution in [2.45, 2.75) is 40.1 Å². The van der Waals surface area contributed by atoms with Crippen molar-refractivity contribution in [3.63, 3.8) is 0 Å².